The maximum Gasteiger partial charge on any atom is 0.191 e. The van der Waals surface area contributed by atoms with Crippen LogP contribution in [0, 0.1) is 0 Å². The van der Waals surface area contributed by atoms with Crippen LogP contribution >= 0.6 is 20.2 Å². The fraction of sp³-hybridized carbons (Fsp3) is 0.552. The summed E-state index contributed by atoms with van der Waals surface area (Å²) in [6.07, 6.45) is 9.51. The Hall–Kier alpha value is -1.37. The number of hydrogen-bond acceptors (Lipinski definition) is 5. The summed E-state index contributed by atoms with van der Waals surface area (Å²) in [7, 11) is 1.31. The van der Waals surface area contributed by atoms with E-state index in [1.165, 1.54) is 0 Å². The van der Waals surface area contributed by atoms with E-state index < -0.39 is 0 Å². The fourth-order valence-corrected chi connectivity index (χ4v) is 5.16. The van der Waals surface area contributed by atoms with E-state index in [-0.39, 0.29) is 33.0 Å². The first-order valence-electron chi connectivity index (χ1n) is 13.3. The number of carbonyl (C=O) groups is 1. The average molecular weight is 544 g/mol. The third-order valence-corrected chi connectivity index (χ3v) is 7.26. The van der Waals surface area contributed by atoms with Gasteiger partial charge in [0.25, 0.3) is 0 Å². The van der Waals surface area contributed by atoms with Gasteiger partial charge in [-0.3, -0.25) is 4.79 Å². The topological polar surface area (TPSA) is 54.0 Å². The van der Waals surface area contributed by atoms with Crippen molar-refractivity contribution in [2.75, 3.05) is 26.9 Å². The molecule has 8 heteroatoms. The predicted octanol–water partition coefficient (Wildman–Crippen LogP) is 7.82. The molecule has 0 saturated carbocycles. The van der Waals surface area contributed by atoms with Gasteiger partial charge in [0, 0.05) is 31.0 Å². The molecule has 0 spiro atoms. The zero-order valence-electron chi connectivity index (χ0n) is 23.3. The van der Waals surface area contributed by atoms with Crippen LogP contribution in [0.2, 0.25) is 5.02 Å². The Balaban J connectivity index is 0.00000684. The monoisotopic (exact) mass is 543 g/mol. The van der Waals surface area contributed by atoms with Crippen molar-refractivity contribution in [1.29, 1.82) is 0 Å². The van der Waals surface area contributed by atoms with Gasteiger partial charge >= 0.3 is 0 Å². The van der Waals surface area contributed by atoms with Crippen molar-refractivity contribution in [3.05, 3.63) is 40.9 Å². The molecule has 0 saturated heterocycles. The average Bonchev–Trinajstić information content (AvgIpc) is 2.88. The Morgan fingerprint density at radius 1 is 0.784 bits per heavy atom. The zero-order valence-corrected chi connectivity index (χ0v) is 25.0. The molecule has 0 amide bonds. The molecule has 1 radical (unpaired) electrons. The van der Waals surface area contributed by atoms with Crippen LogP contribution in [-0.4, -0.2) is 51.3 Å². The summed E-state index contributed by atoms with van der Waals surface area (Å²) in [5, 5.41) is 1.12. The molecule has 201 valence electrons. The normalized spacial score (nSPS) is 10.8. The van der Waals surface area contributed by atoms with Crippen LogP contribution in [0.4, 0.5) is 0 Å². The third kappa shape index (κ3) is 11.5. The summed E-state index contributed by atoms with van der Waals surface area (Å²) >= 11 is 6.41. The van der Waals surface area contributed by atoms with Crippen LogP contribution in [0.15, 0.2) is 30.3 Å². The number of carbonyl (C=O) groups excluding carboxylic acids is 1. The molecule has 2 aromatic rings. The van der Waals surface area contributed by atoms with Crippen LogP contribution in [0.1, 0.15) is 88.9 Å². The summed E-state index contributed by atoms with van der Waals surface area (Å²) in [5.74, 6) is 2.45. The third-order valence-electron chi connectivity index (χ3n) is 5.73. The van der Waals surface area contributed by atoms with Crippen LogP contribution in [-0.2, 0) is 0 Å². The van der Waals surface area contributed by atoms with Crippen LogP contribution < -0.4 is 24.3 Å². The molecule has 0 aliphatic heterocycles. The van der Waals surface area contributed by atoms with Crippen molar-refractivity contribution in [2.45, 2.75) is 78.6 Å². The van der Waals surface area contributed by atoms with E-state index in [1.807, 2.05) is 12.1 Å². The van der Waals surface area contributed by atoms with E-state index in [0.717, 1.165) is 63.1 Å². The molecule has 0 bridgehead atoms. The Kier molecular flexibility index (Phi) is 17.9. The quantitative estimate of drug-likeness (QED) is 0.103. The van der Waals surface area contributed by atoms with Crippen LogP contribution in [0.5, 0.6) is 23.0 Å². The number of methoxy groups -OCH3 is 1. The van der Waals surface area contributed by atoms with Gasteiger partial charge in [-0.2, -0.15) is 0 Å². The second-order valence-electron chi connectivity index (χ2n) is 8.73. The first kappa shape index (κ1) is 33.7. The molecule has 0 heterocycles. The Bertz CT molecular complexity index is 908. The van der Waals surface area contributed by atoms with Crippen LogP contribution in [0.25, 0.3) is 0 Å². The Morgan fingerprint density at radius 2 is 1.30 bits per heavy atom. The molecule has 5 nitrogen and oxygen atoms in total. The SMILES string of the molecule is CCCCCOc1cc(OCCCCC)c(PC(=O)c2c(Cl)cccc2OC)c(OCCCCC)c1.[Li]. The Labute approximate surface area is 242 Å². The van der Waals surface area contributed by atoms with Gasteiger partial charge in [-0.05, 0) is 40.0 Å². The van der Waals surface area contributed by atoms with E-state index in [2.05, 4.69) is 20.8 Å². The van der Waals surface area contributed by atoms with Gasteiger partial charge < -0.3 is 18.9 Å². The number of hydrogen-bond donors (Lipinski definition) is 0. The largest absolute Gasteiger partial charge is 0.496 e. The minimum atomic E-state index is -0.237. The molecule has 0 N–H and O–H groups in total. The summed E-state index contributed by atoms with van der Waals surface area (Å²) in [4.78, 5) is 13.5. The van der Waals surface area contributed by atoms with Crippen molar-refractivity contribution in [3.63, 3.8) is 0 Å². The summed E-state index contributed by atoms with van der Waals surface area (Å²) in [6.45, 7) is 8.28. The van der Waals surface area contributed by atoms with Gasteiger partial charge in [-0.1, -0.05) is 77.0 Å². The van der Waals surface area contributed by atoms with E-state index in [0.29, 0.717) is 53.4 Å². The van der Waals surface area contributed by atoms with E-state index >= 15 is 0 Å². The van der Waals surface area contributed by atoms with Gasteiger partial charge in [-0.15, -0.1) is 0 Å². The first-order valence-corrected chi connectivity index (χ1v) is 14.6. The minimum Gasteiger partial charge on any atom is -0.496 e. The fourth-order valence-electron chi connectivity index (χ4n) is 3.68. The van der Waals surface area contributed by atoms with E-state index in [9.17, 15) is 4.79 Å². The number of unbranched alkanes of at least 4 members (excludes halogenated alkanes) is 6. The van der Waals surface area contributed by atoms with E-state index in [4.69, 9.17) is 30.5 Å². The molecule has 37 heavy (non-hydrogen) atoms. The van der Waals surface area contributed by atoms with Gasteiger partial charge in [0.1, 0.15) is 23.0 Å². The summed E-state index contributed by atoms with van der Waals surface area (Å²) in [5.41, 5.74) is 0.264. The molecule has 2 aromatic carbocycles. The second kappa shape index (κ2) is 19.7. The molecule has 2 rings (SSSR count). The standard InChI is InChI=1S/C29H42ClO5P.Li/c1-5-8-11-17-33-22-20-25(34-18-12-9-6-2)28(26(21-22)35-19-13-10-7-3)36-29(31)27-23(30)15-14-16-24(27)32-4;/h14-16,20-21,36H,5-13,17-19H2,1-4H3;. The molecule has 1 atom stereocenters. The maximum absolute atomic E-state index is 13.5. The summed E-state index contributed by atoms with van der Waals surface area (Å²) in [6, 6.07) is 9.03. The van der Waals surface area contributed by atoms with Gasteiger partial charge in [-0.25, -0.2) is 0 Å². The van der Waals surface area contributed by atoms with E-state index in [1.54, 1.807) is 25.3 Å². The zero-order chi connectivity index (χ0) is 26.2. The molecule has 0 fully saturated rings. The second-order valence-corrected chi connectivity index (χ2v) is 10.3. The molecule has 0 aromatic heterocycles. The molecular weight excluding hydrogens is 502 g/mol. The molecule has 0 aliphatic rings. The molecule has 1 unspecified atom stereocenters. The van der Waals surface area contributed by atoms with Crippen LogP contribution in [0.3, 0.4) is 0 Å². The minimum absolute atomic E-state index is 0. The van der Waals surface area contributed by atoms with Crippen molar-refractivity contribution in [2.24, 2.45) is 0 Å². The van der Waals surface area contributed by atoms with Gasteiger partial charge in [0.15, 0.2) is 5.52 Å². The van der Waals surface area contributed by atoms with Crippen molar-refractivity contribution in [3.8, 4) is 23.0 Å². The molecular formula is C29H42ClLiO5P. The summed E-state index contributed by atoms with van der Waals surface area (Å²) < 4.78 is 23.9. The molecule has 0 aliphatic carbocycles. The predicted molar refractivity (Wildman–Crippen MR) is 158 cm³/mol. The Morgan fingerprint density at radius 3 is 1.78 bits per heavy atom. The van der Waals surface area contributed by atoms with Gasteiger partial charge in [0.05, 0.1) is 42.8 Å². The van der Waals surface area contributed by atoms with Gasteiger partial charge in [0.2, 0.25) is 0 Å². The maximum atomic E-state index is 13.5. The first-order chi connectivity index (χ1) is 17.5. The number of benzene rings is 2. The smallest absolute Gasteiger partial charge is 0.191 e. The number of halogens is 1. The number of rotatable bonds is 19. The van der Waals surface area contributed by atoms with Crippen molar-refractivity contribution < 1.29 is 23.7 Å². The number of ether oxygens (including phenoxy) is 4. The van der Waals surface area contributed by atoms with Crippen molar-refractivity contribution in [1.82, 2.24) is 0 Å². The van der Waals surface area contributed by atoms with Crippen molar-refractivity contribution >= 4 is 49.9 Å².